The number of allylic oxidation sites excluding steroid dienone is 5. The lowest BCUT2D eigenvalue weighted by Crippen LogP contribution is -2.22. The molecule has 0 aromatic carbocycles. The van der Waals surface area contributed by atoms with Crippen LogP contribution in [-0.2, 0) is 15.6 Å². The molecule has 0 amide bonds. The van der Waals surface area contributed by atoms with E-state index in [-0.39, 0.29) is 17.6 Å². The van der Waals surface area contributed by atoms with Crippen molar-refractivity contribution in [2.75, 3.05) is 5.32 Å². The number of hydrogen-bond donors (Lipinski definition) is 1. The summed E-state index contributed by atoms with van der Waals surface area (Å²) in [5.74, 6) is 1.68. The molecule has 4 aliphatic rings. The molecule has 3 heterocycles. The zero-order chi connectivity index (χ0) is 18.0. The van der Waals surface area contributed by atoms with Gasteiger partial charge in [0.25, 0.3) is 0 Å². The summed E-state index contributed by atoms with van der Waals surface area (Å²) in [7, 11) is 0. The van der Waals surface area contributed by atoms with E-state index in [2.05, 4.69) is 20.0 Å². The SMILES string of the molecule is FC(F)(F)O/C1=C/C=C2/C=C\CC3(CC3)c3nc(nc(n3)C3(CC3)C1)N2. The second-order valence-corrected chi connectivity index (χ2v) is 7.58. The smallest absolute Gasteiger partial charge is 0.410 e. The molecule has 0 unspecified atom stereocenters. The van der Waals surface area contributed by atoms with Crippen LogP contribution in [-0.4, -0.2) is 21.3 Å². The minimum atomic E-state index is -4.72. The van der Waals surface area contributed by atoms with E-state index in [9.17, 15) is 13.2 Å². The van der Waals surface area contributed by atoms with Crippen LogP contribution in [0.5, 0.6) is 0 Å². The molecular formula is C18H17F3N4O. The Morgan fingerprint density at radius 3 is 2.31 bits per heavy atom. The molecule has 5 nitrogen and oxygen atoms in total. The van der Waals surface area contributed by atoms with Gasteiger partial charge in [-0.15, -0.1) is 13.2 Å². The number of ether oxygens (including phenoxy) is 1. The van der Waals surface area contributed by atoms with E-state index >= 15 is 0 Å². The van der Waals surface area contributed by atoms with E-state index in [0.29, 0.717) is 17.5 Å². The van der Waals surface area contributed by atoms with Gasteiger partial charge < -0.3 is 10.1 Å². The molecule has 2 aliphatic carbocycles. The summed E-state index contributed by atoms with van der Waals surface area (Å²) in [5, 5.41) is 3.12. The predicted molar refractivity (Wildman–Crippen MR) is 87.0 cm³/mol. The van der Waals surface area contributed by atoms with Gasteiger partial charge in [0, 0.05) is 22.9 Å². The summed E-state index contributed by atoms with van der Waals surface area (Å²) in [6.07, 6.45) is 6.62. The lowest BCUT2D eigenvalue weighted by Gasteiger charge is -2.21. The quantitative estimate of drug-likeness (QED) is 0.818. The first-order valence-corrected chi connectivity index (χ1v) is 8.73. The molecule has 2 fully saturated rings. The molecule has 136 valence electrons. The highest BCUT2D eigenvalue weighted by atomic mass is 19.4. The fourth-order valence-corrected chi connectivity index (χ4v) is 3.68. The molecule has 2 spiro atoms. The molecule has 0 saturated heterocycles. The Morgan fingerprint density at radius 2 is 1.65 bits per heavy atom. The highest BCUT2D eigenvalue weighted by molar-refractivity contribution is 5.45. The number of rotatable bonds is 1. The van der Waals surface area contributed by atoms with Crippen molar-refractivity contribution in [2.24, 2.45) is 0 Å². The number of anilines is 1. The van der Waals surface area contributed by atoms with Crippen molar-refractivity contribution in [1.29, 1.82) is 0 Å². The second kappa shape index (κ2) is 5.08. The molecule has 8 heteroatoms. The number of nitrogens with one attached hydrogen (secondary N) is 1. The lowest BCUT2D eigenvalue weighted by atomic mass is 9.98. The first-order chi connectivity index (χ1) is 12.4. The van der Waals surface area contributed by atoms with Gasteiger partial charge in [-0.05, 0) is 50.3 Å². The second-order valence-electron chi connectivity index (χ2n) is 7.58. The van der Waals surface area contributed by atoms with Gasteiger partial charge in [0.15, 0.2) is 0 Å². The highest BCUT2D eigenvalue weighted by Gasteiger charge is 2.52. The third-order valence-electron chi connectivity index (χ3n) is 5.56. The fourth-order valence-electron chi connectivity index (χ4n) is 3.68. The van der Waals surface area contributed by atoms with E-state index < -0.39 is 11.8 Å². The van der Waals surface area contributed by atoms with E-state index in [0.717, 1.165) is 37.9 Å². The number of alkyl halides is 3. The van der Waals surface area contributed by atoms with E-state index in [1.54, 1.807) is 6.08 Å². The third kappa shape index (κ3) is 2.77. The van der Waals surface area contributed by atoms with Crippen LogP contribution in [0.15, 0.2) is 35.8 Å². The van der Waals surface area contributed by atoms with Crippen molar-refractivity contribution in [1.82, 2.24) is 15.0 Å². The maximum atomic E-state index is 12.8. The summed E-state index contributed by atoms with van der Waals surface area (Å²) in [6, 6.07) is 0. The Morgan fingerprint density at radius 1 is 0.962 bits per heavy atom. The summed E-state index contributed by atoms with van der Waals surface area (Å²) in [4.78, 5) is 13.8. The van der Waals surface area contributed by atoms with Crippen molar-refractivity contribution in [3.8, 4) is 0 Å². The maximum Gasteiger partial charge on any atom is 0.572 e. The number of nitrogens with zero attached hydrogens (tertiary/aromatic N) is 3. The van der Waals surface area contributed by atoms with Gasteiger partial charge in [-0.2, -0.15) is 9.97 Å². The van der Waals surface area contributed by atoms with Gasteiger partial charge in [-0.3, -0.25) is 0 Å². The lowest BCUT2D eigenvalue weighted by molar-refractivity contribution is -0.306. The Hall–Kier alpha value is -2.38. The Kier molecular flexibility index (Phi) is 3.10. The average molecular weight is 362 g/mol. The monoisotopic (exact) mass is 362 g/mol. The van der Waals surface area contributed by atoms with Crippen LogP contribution in [0.4, 0.5) is 19.1 Å². The minimum Gasteiger partial charge on any atom is -0.410 e. The maximum absolute atomic E-state index is 12.8. The highest BCUT2D eigenvalue weighted by Crippen LogP contribution is 2.54. The summed E-state index contributed by atoms with van der Waals surface area (Å²) >= 11 is 0. The standard InChI is InChI=1S/C18H17F3N4O/c19-18(20,21)26-12-4-3-11-2-1-5-16(6-7-16)13-23-14(17(10-12)8-9-17)25-15(22-11)24-13/h1-4H,5-10H2,(H,22,23,24,25)/b2-1-,11-3-,12-4+. The van der Waals surface area contributed by atoms with Gasteiger partial charge in [0.2, 0.25) is 5.95 Å². The zero-order valence-corrected chi connectivity index (χ0v) is 13.9. The number of halogens is 3. The van der Waals surface area contributed by atoms with E-state index in [4.69, 9.17) is 4.98 Å². The van der Waals surface area contributed by atoms with Crippen molar-refractivity contribution in [3.63, 3.8) is 0 Å². The van der Waals surface area contributed by atoms with Crippen LogP contribution in [0.25, 0.3) is 0 Å². The summed E-state index contributed by atoms with van der Waals surface area (Å²) in [5.41, 5.74) is 0.0812. The van der Waals surface area contributed by atoms with Crippen molar-refractivity contribution in [3.05, 3.63) is 47.4 Å². The van der Waals surface area contributed by atoms with Gasteiger partial charge >= 0.3 is 6.36 Å². The van der Waals surface area contributed by atoms with E-state index in [1.165, 1.54) is 6.08 Å². The fraction of sp³-hybridized carbons (Fsp3) is 0.500. The first-order valence-electron chi connectivity index (χ1n) is 8.73. The molecule has 5 rings (SSSR count). The van der Waals surface area contributed by atoms with Crippen LogP contribution >= 0.6 is 0 Å². The topological polar surface area (TPSA) is 59.9 Å². The molecular weight excluding hydrogens is 345 g/mol. The number of fused-ring (bicyclic) bond motifs is 5. The van der Waals surface area contributed by atoms with Gasteiger partial charge in [-0.25, -0.2) is 4.98 Å². The molecule has 26 heavy (non-hydrogen) atoms. The van der Waals surface area contributed by atoms with E-state index in [1.807, 2.05) is 12.2 Å². The number of aromatic nitrogens is 3. The molecule has 2 aliphatic heterocycles. The molecule has 1 aromatic heterocycles. The predicted octanol–water partition coefficient (Wildman–Crippen LogP) is 4.01. The Labute approximate surface area is 148 Å². The first kappa shape index (κ1) is 15.8. The summed E-state index contributed by atoms with van der Waals surface area (Å²) < 4.78 is 42.7. The van der Waals surface area contributed by atoms with Crippen molar-refractivity contribution < 1.29 is 17.9 Å². The minimum absolute atomic E-state index is 0.0526. The molecule has 1 aromatic rings. The summed E-state index contributed by atoms with van der Waals surface area (Å²) in [6.45, 7) is 0. The molecule has 1 N–H and O–H groups in total. The number of hydrogen-bond acceptors (Lipinski definition) is 5. The van der Waals surface area contributed by atoms with Gasteiger partial charge in [0.05, 0.1) is 0 Å². The van der Waals surface area contributed by atoms with Crippen molar-refractivity contribution >= 4 is 5.95 Å². The third-order valence-corrected chi connectivity index (χ3v) is 5.56. The van der Waals surface area contributed by atoms with Gasteiger partial charge in [-0.1, -0.05) is 6.08 Å². The van der Waals surface area contributed by atoms with Crippen LogP contribution in [0.1, 0.15) is 50.2 Å². The van der Waals surface area contributed by atoms with Crippen LogP contribution < -0.4 is 5.32 Å². The van der Waals surface area contributed by atoms with Crippen LogP contribution in [0.2, 0.25) is 0 Å². The molecule has 0 atom stereocenters. The Bertz CT molecular complexity index is 864. The molecule has 4 bridgehead atoms. The van der Waals surface area contributed by atoms with Gasteiger partial charge in [0.1, 0.15) is 17.4 Å². The van der Waals surface area contributed by atoms with Crippen LogP contribution in [0, 0.1) is 0 Å². The van der Waals surface area contributed by atoms with Crippen LogP contribution in [0.3, 0.4) is 0 Å². The largest absolute Gasteiger partial charge is 0.572 e. The normalized spacial score (nSPS) is 29.5. The van der Waals surface area contributed by atoms with Crippen molar-refractivity contribution in [2.45, 2.75) is 55.7 Å². The zero-order valence-electron chi connectivity index (χ0n) is 13.9. The average Bonchev–Trinajstić information content (AvgIpc) is 3.46. The Balaban J connectivity index is 1.65. The molecule has 2 saturated carbocycles. The molecule has 0 radical (unpaired) electrons.